The second kappa shape index (κ2) is 7.70. The summed E-state index contributed by atoms with van der Waals surface area (Å²) in [6.45, 7) is 5.88. The molecule has 1 amide bonds. The molecule has 1 aliphatic heterocycles. The van der Waals surface area contributed by atoms with Gasteiger partial charge in [-0.3, -0.25) is 4.79 Å². The van der Waals surface area contributed by atoms with Gasteiger partial charge in [-0.15, -0.1) is 0 Å². The second-order valence-corrected chi connectivity index (χ2v) is 8.52. The Morgan fingerprint density at radius 3 is 2.67 bits per heavy atom. The predicted molar refractivity (Wildman–Crippen MR) is 123 cm³/mol. The number of nitrogens with one attached hydrogen (secondary N) is 1. The van der Waals surface area contributed by atoms with Crippen molar-refractivity contribution in [2.45, 2.75) is 32.8 Å². The lowest BCUT2D eigenvalue weighted by molar-refractivity contribution is 0.102. The van der Waals surface area contributed by atoms with Crippen molar-refractivity contribution in [3.63, 3.8) is 0 Å². The van der Waals surface area contributed by atoms with Gasteiger partial charge in [0.05, 0.1) is 0 Å². The van der Waals surface area contributed by atoms with Crippen LogP contribution in [0.15, 0.2) is 53.5 Å². The summed E-state index contributed by atoms with van der Waals surface area (Å²) < 4.78 is 11.6. The lowest BCUT2D eigenvalue weighted by atomic mass is 9.98. The highest BCUT2D eigenvalue weighted by atomic mass is 16.5. The lowest BCUT2D eigenvalue weighted by Gasteiger charge is -2.17. The summed E-state index contributed by atoms with van der Waals surface area (Å²) in [5, 5.41) is 2.96. The third-order valence-electron chi connectivity index (χ3n) is 5.31. The van der Waals surface area contributed by atoms with E-state index in [2.05, 4.69) is 25.3 Å². The Labute approximate surface area is 190 Å². The van der Waals surface area contributed by atoms with E-state index in [0.717, 1.165) is 28.9 Å². The smallest absolute Gasteiger partial charge is 0.277 e. The molecule has 0 saturated carbocycles. The summed E-state index contributed by atoms with van der Waals surface area (Å²) in [5.41, 5.74) is 9.34. The van der Waals surface area contributed by atoms with Gasteiger partial charge in [0.25, 0.3) is 5.91 Å². The standard InChI is InChI=1S/C24H22N6O3/c1-13-27-10-16(11-28-13)17-8-20-15(9-24(2,3)33-20)6-18(17)29-22(31)19-12-32-23(30-19)14-4-5-26-21(25)7-14/h4-8,10-12H,9H2,1-3H3,(H2,25,26)(H,29,31). The molecule has 0 unspecified atom stereocenters. The normalized spacial score (nSPS) is 13.9. The molecule has 0 fully saturated rings. The van der Waals surface area contributed by atoms with Crippen LogP contribution in [0.1, 0.15) is 35.7 Å². The number of oxazole rings is 1. The van der Waals surface area contributed by atoms with Gasteiger partial charge in [-0.25, -0.2) is 19.9 Å². The number of ether oxygens (including phenoxy) is 1. The van der Waals surface area contributed by atoms with Crippen LogP contribution in [-0.4, -0.2) is 31.4 Å². The zero-order chi connectivity index (χ0) is 23.2. The van der Waals surface area contributed by atoms with Crippen molar-refractivity contribution in [3.8, 4) is 28.3 Å². The van der Waals surface area contributed by atoms with E-state index >= 15 is 0 Å². The van der Waals surface area contributed by atoms with Crippen molar-refractivity contribution in [1.29, 1.82) is 0 Å². The fourth-order valence-corrected chi connectivity index (χ4v) is 3.80. The topological polar surface area (TPSA) is 129 Å². The summed E-state index contributed by atoms with van der Waals surface area (Å²) in [4.78, 5) is 29.9. The Morgan fingerprint density at radius 2 is 1.91 bits per heavy atom. The van der Waals surface area contributed by atoms with Crippen LogP contribution in [0, 0.1) is 6.92 Å². The Morgan fingerprint density at radius 1 is 1.12 bits per heavy atom. The number of benzene rings is 1. The number of anilines is 2. The molecule has 0 atom stereocenters. The molecule has 0 aliphatic carbocycles. The van der Waals surface area contributed by atoms with Crippen LogP contribution < -0.4 is 15.8 Å². The second-order valence-electron chi connectivity index (χ2n) is 8.52. The third-order valence-corrected chi connectivity index (χ3v) is 5.31. The molecule has 0 radical (unpaired) electrons. The van der Waals surface area contributed by atoms with Crippen LogP contribution in [0.5, 0.6) is 5.75 Å². The maximum atomic E-state index is 13.1. The fraction of sp³-hybridized carbons (Fsp3) is 0.208. The number of aromatic nitrogens is 4. The van der Waals surface area contributed by atoms with Crippen LogP contribution in [0.2, 0.25) is 0 Å². The molecule has 9 nitrogen and oxygen atoms in total. The van der Waals surface area contributed by atoms with Gasteiger partial charge in [0.1, 0.15) is 29.3 Å². The van der Waals surface area contributed by atoms with Gasteiger partial charge < -0.3 is 20.2 Å². The maximum Gasteiger partial charge on any atom is 0.277 e. The van der Waals surface area contributed by atoms with Gasteiger partial charge in [0.2, 0.25) is 5.89 Å². The molecular weight excluding hydrogens is 420 g/mol. The Hall–Kier alpha value is -4.27. The molecule has 5 rings (SSSR count). The van der Waals surface area contributed by atoms with E-state index in [-0.39, 0.29) is 17.2 Å². The van der Waals surface area contributed by atoms with Gasteiger partial charge in [-0.2, -0.15) is 0 Å². The molecule has 3 aromatic heterocycles. The first-order chi connectivity index (χ1) is 15.8. The van der Waals surface area contributed by atoms with Crippen LogP contribution >= 0.6 is 0 Å². The summed E-state index contributed by atoms with van der Waals surface area (Å²) in [7, 11) is 0. The molecule has 0 spiro atoms. The van der Waals surface area contributed by atoms with Crippen molar-refractivity contribution in [2.24, 2.45) is 0 Å². The highest BCUT2D eigenvalue weighted by molar-refractivity contribution is 6.05. The van der Waals surface area contributed by atoms with Gasteiger partial charge in [-0.05, 0) is 45.0 Å². The molecule has 1 aliphatic rings. The molecule has 1 aromatic carbocycles. The first kappa shape index (κ1) is 20.6. The number of fused-ring (bicyclic) bond motifs is 1. The molecule has 166 valence electrons. The Balaban J connectivity index is 1.49. The fourth-order valence-electron chi connectivity index (χ4n) is 3.80. The summed E-state index contributed by atoms with van der Waals surface area (Å²) >= 11 is 0. The molecular formula is C24H22N6O3. The highest BCUT2D eigenvalue weighted by Crippen LogP contribution is 2.41. The number of amides is 1. The number of pyridine rings is 1. The number of nitrogens with zero attached hydrogens (tertiary/aromatic N) is 4. The number of hydrogen-bond donors (Lipinski definition) is 2. The third kappa shape index (κ3) is 4.12. The van der Waals surface area contributed by atoms with Gasteiger partial charge in [0, 0.05) is 53.0 Å². The van der Waals surface area contributed by atoms with Gasteiger partial charge in [-0.1, -0.05) is 0 Å². The number of carbonyl (C=O) groups excluding carboxylic acids is 1. The monoisotopic (exact) mass is 442 g/mol. The molecule has 4 aromatic rings. The van der Waals surface area contributed by atoms with Crippen molar-refractivity contribution in [3.05, 3.63) is 66.2 Å². The molecule has 3 N–H and O–H groups in total. The Kier molecular flexibility index (Phi) is 4.81. The number of hydrogen-bond acceptors (Lipinski definition) is 8. The van der Waals surface area contributed by atoms with E-state index in [1.807, 2.05) is 32.9 Å². The molecule has 33 heavy (non-hydrogen) atoms. The lowest BCUT2D eigenvalue weighted by Crippen LogP contribution is -2.24. The van der Waals surface area contributed by atoms with Crippen molar-refractivity contribution in [2.75, 3.05) is 11.1 Å². The van der Waals surface area contributed by atoms with Crippen LogP contribution in [0.4, 0.5) is 11.5 Å². The SMILES string of the molecule is Cc1ncc(-c2cc3c(cc2NC(=O)c2coc(-c4ccnc(N)c4)n2)CC(C)(C)O3)cn1. The van der Waals surface area contributed by atoms with Crippen LogP contribution in [-0.2, 0) is 6.42 Å². The number of nitrogens with two attached hydrogens (primary N) is 1. The van der Waals surface area contributed by atoms with E-state index < -0.39 is 5.91 Å². The minimum Gasteiger partial charge on any atom is -0.487 e. The van der Waals surface area contributed by atoms with E-state index in [1.165, 1.54) is 6.26 Å². The molecule has 9 heteroatoms. The largest absolute Gasteiger partial charge is 0.487 e. The highest BCUT2D eigenvalue weighted by Gasteiger charge is 2.31. The molecule has 0 bridgehead atoms. The zero-order valence-electron chi connectivity index (χ0n) is 18.4. The van der Waals surface area contributed by atoms with Gasteiger partial charge in [0.15, 0.2) is 5.69 Å². The van der Waals surface area contributed by atoms with E-state index in [4.69, 9.17) is 14.9 Å². The van der Waals surface area contributed by atoms with Crippen molar-refractivity contribution < 1.29 is 13.9 Å². The maximum absolute atomic E-state index is 13.1. The summed E-state index contributed by atoms with van der Waals surface area (Å²) in [6.07, 6.45) is 7.05. The average molecular weight is 442 g/mol. The number of aryl methyl sites for hydroxylation is 1. The van der Waals surface area contributed by atoms with E-state index in [9.17, 15) is 4.79 Å². The number of carbonyl (C=O) groups is 1. The Bertz CT molecular complexity index is 1360. The predicted octanol–water partition coefficient (Wildman–Crippen LogP) is 4.05. The van der Waals surface area contributed by atoms with E-state index in [1.54, 1.807) is 30.7 Å². The summed E-state index contributed by atoms with van der Waals surface area (Å²) in [5.74, 6) is 1.66. The summed E-state index contributed by atoms with van der Waals surface area (Å²) in [6, 6.07) is 7.19. The molecule has 0 saturated heterocycles. The van der Waals surface area contributed by atoms with Crippen molar-refractivity contribution >= 4 is 17.4 Å². The van der Waals surface area contributed by atoms with E-state index in [0.29, 0.717) is 22.9 Å². The average Bonchev–Trinajstić information content (AvgIpc) is 3.37. The van der Waals surface area contributed by atoms with Gasteiger partial charge >= 0.3 is 0 Å². The zero-order valence-corrected chi connectivity index (χ0v) is 18.4. The first-order valence-corrected chi connectivity index (χ1v) is 10.4. The first-order valence-electron chi connectivity index (χ1n) is 10.4. The van der Waals surface area contributed by atoms with Crippen molar-refractivity contribution in [1.82, 2.24) is 19.9 Å². The minimum absolute atomic E-state index is 0.142. The molecule has 4 heterocycles. The van der Waals surface area contributed by atoms with Crippen LogP contribution in [0.3, 0.4) is 0 Å². The number of nitrogen functional groups attached to an aromatic ring is 1. The van der Waals surface area contributed by atoms with Crippen LogP contribution in [0.25, 0.3) is 22.6 Å². The quantitative estimate of drug-likeness (QED) is 0.484. The number of rotatable bonds is 4. The minimum atomic E-state index is -0.403.